The van der Waals surface area contributed by atoms with E-state index in [1.807, 2.05) is 19.1 Å². The van der Waals surface area contributed by atoms with Crippen LogP contribution in [-0.2, 0) is 17.9 Å². The summed E-state index contributed by atoms with van der Waals surface area (Å²) in [6, 6.07) is 5.72. The van der Waals surface area contributed by atoms with Crippen LogP contribution in [0, 0.1) is 0 Å². The number of nitrogens with two attached hydrogens (primary N) is 1. The topological polar surface area (TPSA) is 58.4 Å². The first-order chi connectivity index (χ1) is 9.65. The van der Waals surface area contributed by atoms with E-state index in [9.17, 15) is 4.79 Å². The predicted molar refractivity (Wildman–Crippen MR) is 82.4 cm³/mol. The standard InChI is InChI=1S/C16H25N3O/c1-3-6-14(17)16(20)18-15-8-5-7-12-10-19(9-4-2)11-13(12)15/h5,7-8,14H,3-4,6,9-11,17H2,1-2H3,(H,18,20). The Balaban J connectivity index is 2.08. The second-order valence-electron chi connectivity index (χ2n) is 5.54. The van der Waals surface area contributed by atoms with E-state index in [1.54, 1.807) is 0 Å². The van der Waals surface area contributed by atoms with E-state index in [1.165, 1.54) is 11.1 Å². The molecule has 0 bridgehead atoms. The number of carbonyl (C=O) groups is 1. The molecule has 0 saturated heterocycles. The molecule has 2 rings (SSSR count). The van der Waals surface area contributed by atoms with Gasteiger partial charge in [0.15, 0.2) is 0 Å². The highest BCUT2D eigenvalue weighted by molar-refractivity contribution is 5.95. The molecule has 0 saturated carbocycles. The number of anilines is 1. The lowest BCUT2D eigenvalue weighted by molar-refractivity contribution is -0.117. The molecular weight excluding hydrogens is 250 g/mol. The molecule has 0 fully saturated rings. The summed E-state index contributed by atoms with van der Waals surface area (Å²) in [5.74, 6) is -0.0748. The Morgan fingerprint density at radius 1 is 1.35 bits per heavy atom. The molecule has 1 aromatic carbocycles. The highest BCUT2D eigenvalue weighted by Gasteiger charge is 2.22. The lowest BCUT2D eigenvalue weighted by atomic mass is 10.1. The van der Waals surface area contributed by atoms with Crippen molar-refractivity contribution in [2.24, 2.45) is 5.73 Å². The number of nitrogens with one attached hydrogen (secondary N) is 1. The molecule has 1 unspecified atom stereocenters. The molecule has 1 amide bonds. The second kappa shape index (κ2) is 6.86. The summed E-state index contributed by atoms with van der Waals surface area (Å²) >= 11 is 0. The molecule has 0 spiro atoms. The van der Waals surface area contributed by atoms with E-state index in [0.717, 1.165) is 44.6 Å². The molecule has 0 radical (unpaired) electrons. The zero-order valence-electron chi connectivity index (χ0n) is 12.5. The smallest absolute Gasteiger partial charge is 0.241 e. The predicted octanol–water partition coefficient (Wildman–Crippen LogP) is 2.48. The highest BCUT2D eigenvalue weighted by Crippen LogP contribution is 2.29. The van der Waals surface area contributed by atoms with Crippen LogP contribution in [0.25, 0.3) is 0 Å². The number of benzene rings is 1. The first-order valence-corrected chi connectivity index (χ1v) is 7.55. The first-order valence-electron chi connectivity index (χ1n) is 7.55. The quantitative estimate of drug-likeness (QED) is 0.838. The SMILES string of the molecule is CCCC(N)C(=O)Nc1cccc2c1CN(CCC)C2. The fourth-order valence-corrected chi connectivity index (χ4v) is 2.75. The largest absolute Gasteiger partial charge is 0.324 e. The van der Waals surface area contributed by atoms with Gasteiger partial charge in [0.2, 0.25) is 5.91 Å². The summed E-state index contributed by atoms with van der Waals surface area (Å²) in [4.78, 5) is 14.5. The average Bonchev–Trinajstić information content (AvgIpc) is 2.83. The van der Waals surface area contributed by atoms with Crippen molar-refractivity contribution in [3.63, 3.8) is 0 Å². The summed E-state index contributed by atoms with van der Waals surface area (Å²) in [6.07, 6.45) is 2.80. The fourth-order valence-electron chi connectivity index (χ4n) is 2.75. The summed E-state index contributed by atoms with van der Waals surface area (Å²) in [7, 11) is 0. The van der Waals surface area contributed by atoms with E-state index in [-0.39, 0.29) is 5.91 Å². The minimum atomic E-state index is -0.413. The van der Waals surface area contributed by atoms with Crippen molar-refractivity contribution in [2.45, 2.75) is 52.2 Å². The molecule has 4 heteroatoms. The van der Waals surface area contributed by atoms with Crippen LogP contribution >= 0.6 is 0 Å². The van der Waals surface area contributed by atoms with Crippen LogP contribution in [0.4, 0.5) is 5.69 Å². The number of rotatable bonds is 6. The zero-order valence-corrected chi connectivity index (χ0v) is 12.5. The molecular formula is C16H25N3O. The third-order valence-corrected chi connectivity index (χ3v) is 3.78. The Hall–Kier alpha value is -1.39. The minimum Gasteiger partial charge on any atom is -0.324 e. The molecule has 1 aliphatic rings. The second-order valence-corrected chi connectivity index (χ2v) is 5.54. The fraction of sp³-hybridized carbons (Fsp3) is 0.562. The van der Waals surface area contributed by atoms with E-state index in [0.29, 0.717) is 0 Å². The van der Waals surface area contributed by atoms with Gasteiger partial charge in [-0.3, -0.25) is 9.69 Å². The van der Waals surface area contributed by atoms with E-state index in [4.69, 9.17) is 5.73 Å². The monoisotopic (exact) mass is 275 g/mol. The van der Waals surface area contributed by atoms with Crippen molar-refractivity contribution < 1.29 is 4.79 Å². The van der Waals surface area contributed by atoms with Gasteiger partial charge in [-0.2, -0.15) is 0 Å². The van der Waals surface area contributed by atoms with Gasteiger partial charge in [0.05, 0.1) is 6.04 Å². The van der Waals surface area contributed by atoms with Crippen LogP contribution in [0.3, 0.4) is 0 Å². The van der Waals surface area contributed by atoms with Gasteiger partial charge >= 0.3 is 0 Å². The Kier molecular flexibility index (Phi) is 5.15. The number of hydrogen-bond donors (Lipinski definition) is 2. The van der Waals surface area contributed by atoms with Gasteiger partial charge in [0, 0.05) is 18.8 Å². The van der Waals surface area contributed by atoms with E-state index >= 15 is 0 Å². The molecule has 20 heavy (non-hydrogen) atoms. The number of amides is 1. The molecule has 1 atom stereocenters. The Bertz CT molecular complexity index is 473. The highest BCUT2D eigenvalue weighted by atomic mass is 16.2. The summed E-state index contributed by atoms with van der Waals surface area (Å²) in [5, 5.41) is 3.00. The third-order valence-electron chi connectivity index (χ3n) is 3.78. The van der Waals surface area contributed by atoms with Crippen LogP contribution < -0.4 is 11.1 Å². The molecule has 0 aromatic heterocycles. The van der Waals surface area contributed by atoms with Gasteiger partial charge in [0.1, 0.15) is 0 Å². The third kappa shape index (κ3) is 3.38. The number of nitrogens with zero attached hydrogens (tertiary/aromatic N) is 1. The average molecular weight is 275 g/mol. The Labute approximate surface area is 121 Å². The van der Waals surface area contributed by atoms with Crippen molar-refractivity contribution in [1.82, 2.24) is 4.90 Å². The summed E-state index contributed by atoms with van der Waals surface area (Å²) < 4.78 is 0. The van der Waals surface area contributed by atoms with Crippen molar-refractivity contribution in [3.8, 4) is 0 Å². The lowest BCUT2D eigenvalue weighted by Gasteiger charge is -2.15. The molecule has 0 aliphatic carbocycles. The van der Waals surface area contributed by atoms with Crippen molar-refractivity contribution >= 4 is 11.6 Å². The number of carbonyl (C=O) groups excluding carboxylic acids is 1. The zero-order chi connectivity index (χ0) is 14.5. The molecule has 4 nitrogen and oxygen atoms in total. The summed E-state index contributed by atoms with van der Waals surface area (Å²) in [5.41, 5.74) is 9.37. The maximum absolute atomic E-state index is 12.1. The van der Waals surface area contributed by atoms with Crippen molar-refractivity contribution in [3.05, 3.63) is 29.3 Å². The van der Waals surface area contributed by atoms with Crippen LogP contribution in [-0.4, -0.2) is 23.4 Å². The maximum Gasteiger partial charge on any atom is 0.241 e. The van der Waals surface area contributed by atoms with Gasteiger partial charge in [-0.1, -0.05) is 32.4 Å². The normalized spacial score (nSPS) is 15.9. The molecule has 110 valence electrons. The number of fused-ring (bicyclic) bond motifs is 1. The number of hydrogen-bond acceptors (Lipinski definition) is 3. The van der Waals surface area contributed by atoms with Gasteiger partial charge < -0.3 is 11.1 Å². The van der Waals surface area contributed by atoms with Crippen LogP contribution in [0.2, 0.25) is 0 Å². The Morgan fingerprint density at radius 2 is 2.15 bits per heavy atom. The minimum absolute atomic E-state index is 0.0748. The van der Waals surface area contributed by atoms with Crippen LogP contribution in [0.5, 0.6) is 0 Å². The van der Waals surface area contributed by atoms with Crippen molar-refractivity contribution in [2.75, 3.05) is 11.9 Å². The van der Waals surface area contributed by atoms with Gasteiger partial charge in [0.25, 0.3) is 0 Å². The lowest BCUT2D eigenvalue weighted by Crippen LogP contribution is -2.35. The van der Waals surface area contributed by atoms with E-state index in [2.05, 4.69) is 23.2 Å². The maximum atomic E-state index is 12.1. The Morgan fingerprint density at radius 3 is 2.85 bits per heavy atom. The van der Waals surface area contributed by atoms with Crippen molar-refractivity contribution in [1.29, 1.82) is 0 Å². The molecule has 1 aliphatic heterocycles. The van der Waals surface area contributed by atoms with Gasteiger partial charge in [-0.05, 0) is 36.6 Å². The molecule has 3 N–H and O–H groups in total. The van der Waals surface area contributed by atoms with E-state index < -0.39 is 6.04 Å². The molecule has 1 aromatic rings. The summed E-state index contributed by atoms with van der Waals surface area (Å²) in [6.45, 7) is 7.22. The first kappa shape index (κ1) is 15.0. The van der Waals surface area contributed by atoms with Gasteiger partial charge in [-0.15, -0.1) is 0 Å². The van der Waals surface area contributed by atoms with Gasteiger partial charge in [-0.25, -0.2) is 0 Å². The van der Waals surface area contributed by atoms with Crippen LogP contribution in [0.15, 0.2) is 18.2 Å². The van der Waals surface area contributed by atoms with Crippen LogP contribution in [0.1, 0.15) is 44.2 Å². The molecule has 1 heterocycles.